The zero-order valence-electron chi connectivity index (χ0n) is 17.0. The highest BCUT2D eigenvalue weighted by molar-refractivity contribution is 5.97. The van der Waals surface area contributed by atoms with Gasteiger partial charge in [-0.25, -0.2) is 4.79 Å². The molecule has 3 aromatic rings. The smallest absolute Gasteiger partial charge is 0.326 e. The van der Waals surface area contributed by atoms with Gasteiger partial charge in [0.2, 0.25) is 0 Å². The number of fused-ring (bicyclic) bond motifs is 1. The van der Waals surface area contributed by atoms with Crippen LogP contribution in [0.5, 0.6) is 0 Å². The van der Waals surface area contributed by atoms with E-state index in [1.165, 1.54) is 18.2 Å². The maximum absolute atomic E-state index is 12.5. The fourth-order valence-electron chi connectivity index (χ4n) is 3.30. The van der Waals surface area contributed by atoms with Crippen molar-refractivity contribution in [3.63, 3.8) is 0 Å². The van der Waals surface area contributed by atoms with Gasteiger partial charge in [0, 0.05) is 23.6 Å². The molecule has 0 aliphatic carbocycles. The van der Waals surface area contributed by atoms with Crippen LogP contribution in [0, 0.1) is 13.8 Å². The normalized spacial score (nSPS) is 11.8. The Bertz CT molecular complexity index is 1230. The second-order valence-electron chi connectivity index (χ2n) is 7.31. The lowest BCUT2D eigenvalue weighted by Gasteiger charge is -2.13. The zero-order chi connectivity index (χ0) is 22.7. The molecule has 8 heteroatoms. The molecule has 1 atom stereocenters. The third-order valence-electron chi connectivity index (χ3n) is 4.84. The average Bonchev–Trinajstić information content (AvgIpc) is 2.71. The number of carboxylic acid groups (broad SMARTS) is 2. The minimum absolute atomic E-state index is 0.174. The van der Waals surface area contributed by atoms with Crippen molar-refractivity contribution in [2.24, 2.45) is 0 Å². The molecular formula is C23H21NO7. The summed E-state index contributed by atoms with van der Waals surface area (Å²) in [6, 6.07) is 9.92. The number of benzene rings is 2. The molecule has 0 saturated heterocycles. The molecule has 0 saturated carbocycles. The Labute approximate surface area is 177 Å². The number of amides is 1. The number of carbonyl (C=O) groups excluding carboxylic acids is 1. The molecule has 1 amide bonds. The largest absolute Gasteiger partial charge is 0.481 e. The quantitative estimate of drug-likeness (QED) is 0.531. The van der Waals surface area contributed by atoms with Crippen molar-refractivity contribution in [1.82, 2.24) is 5.32 Å². The summed E-state index contributed by atoms with van der Waals surface area (Å²) in [4.78, 5) is 46.8. The van der Waals surface area contributed by atoms with E-state index in [1.807, 2.05) is 19.9 Å². The maximum Gasteiger partial charge on any atom is 0.326 e. The molecule has 1 aromatic heterocycles. The second kappa shape index (κ2) is 8.83. The standard InChI is InChI=1S/C23H21NO7/c1-12-9-13(2)21-16(10-12)18(25)11-19(31-21)14-3-5-15(6-4-14)22(28)24-17(23(29)30)7-8-20(26)27/h3-6,9-11,17H,7-8H2,1-2H3,(H,24,28)(H,26,27)(H,29,30)/t17-/m0/s1. The van der Waals surface area contributed by atoms with E-state index in [4.69, 9.17) is 9.52 Å². The summed E-state index contributed by atoms with van der Waals surface area (Å²) < 4.78 is 5.93. The van der Waals surface area contributed by atoms with Gasteiger partial charge < -0.3 is 19.9 Å². The van der Waals surface area contributed by atoms with Crippen molar-refractivity contribution in [3.05, 3.63) is 69.4 Å². The minimum atomic E-state index is -1.31. The molecular weight excluding hydrogens is 402 g/mol. The summed E-state index contributed by atoms with van der Waals surface area (Å²) >= 11 is 0. The summed E-state index contributed by atoms with van der Waals surface area (Å²) in [6.45, 7) is 3.76. The summed E-state index contributed by atoms with van der Waals surface area (Å²) in [7, 11) is 0. The number of rotatable bonds is 7. The van der Waals surface area contributed by atoms with Gasteiger partial charge in [0.05, 0.1) is 5.39 Å². The van der Waals surface area contributed by atoms with Crippen molar-refractivity contribution >= 4 is 28.8 Å². The molecule has 31 heavy (non-hydrogen) atoms. The van der Waals surface area contributed by atoms with E-state index < -0.39 is 23.9 Å². The lowest BCUT2D eigenvalue weighted by Crippen LogP contribution is -2.41. The molecule has 0 aliphatic heterocycles. The monoisotopic (exact) mass is 423 g/mol. The molecule has 3 N–H and O–H groups in total. The molecule has 0 bridgehead atoms. The number of hydrogen-bond donors (Lipinski definition) is 3. The van der Waals surface area contributed by atoms with Crippen molar-refractivity contribution in [2.75, 3.05) is 0 Å². The van der Waals surface area contributed by atoms with E-state index in [2.05, 4.69) is 5.32 Å². The van der Waals surface area contributed by atoms with Crippen LogP contribution in [0.15, 0.2) is 51.7 Å². The predicted octanol–water partition coefficient (Wildman–Crippen LogP) is 3.12. The van der Waals surface area contributed by atoms with E-state index in [0.717, 1.165) is 11.1 Å². The first-order chi connectivity index (χ1) is 14.7. The molecule has 0 fully saturated rings. The first-order valence-corrected chi connectivity index (χ1v) is 9.56. The summed E-state index contributed by atoms with van der Waals surface area (Å²) in [5, 5.41) is 20.7. The van der Waals surface area contributed by atoms with Crippen molar-refractivity contribution in [3.8, 4) is 11.3 Å². The van der Waals surface area contributed by atoms with Gasteiger partial charge in [0.25, 0.3) is 5.91 Å². The van der Waals surface area contributed by atoms with Crippen LogP contribution in [0.25, 0.3) is 22.3 Å². The molecule has 0 spiro atoms. The van der Waals surface area contributed by atoms with Crippen LogP contribution in [0.1, 0.15) is 34.3 Å². The first-order valence-electron chi connectivity index (χ1n) is 9.56. The molecule has 8 nitrogen and oxygen atoms in total. The van der Waals surface area contributed by atoms with Crippen LogP contribution < -0.4 is 10.7 Å². The molecule has 0 unspecified atom stereocenters. The Morgan fingerprint density at radius 3 is 2.32 bits per heavy atom. The lowest BCUT2D eigenvalue weighted by atomic mass is 10.0. The van der Waals surface area contributed by atoms with Crippen LogP contribution in [0.2, 0.25) is 0 Å². The van der Waals surface area contributed by atoms with Gasteiger partial charge in [-0.1, -0.05) is 18.2 Å². The van der Waals surface area contributed by atoms with Gasteiger partial charge in [-0.15, -0.1) is 0 Å². The Morgan fingerprint density at radius 1 is 1.03 bits per heavy atom. The summed E-state index contributed by atoms with van der Waals surface area (Å²) in [6.07, 6.45) is -0.605. The van der Waals surface area contributed by atoms with Gasteiger partial charge in [0.1, 0.15) is 17.4 Å². The van der Waals surface area contributed by atoms with Crippen molar-refractivity contribution in [2.45, 2.75) is 32.7 Å². The number of carbonyl (C=O) groups is 3. The lowest BCUT2D eigenvalue weighted by molar-refractivity contribution is -0.140. The fraction of sp³-hybridized carbons (Fsp3) is 0.217. The number of hydrogen-bond acceptors (Lipinski definition) is 5. The highest BCUT2D eigenvalue weighted by Crippen LogP contribution is 2.25. The molecule has 3 rings (SSSR count). The van der Waals surface area contributed by atoms with Gasteiger partial charge >= 0.3 is 11.9 Å². The van der Waals surface area contributed by atoms with E-state index in [0.29, 0.717) is 22.3 Å². The van der Waals surface area contributed by atoms with Crippen LogP contribution in [0.4, 0.5) is 0 Å². The van der Waals surface area contributed by atoms with Gasteiger partial charge in [-0.05, 0) is 49.6 Å². The SMILES string of the molecule is Cc1cc(C)c2oc(-c3ccc(C(=O)N[C@@H](CCC(=O)O)C(=O)O)cc3)cc(=O)c2c1. The number of carboxylic acids is 2. The number of aryl methyl sites for hydroxylation is 2. The maximum atomic E-state index is 12.5. The Morgan fingerprint density at radius 2 is 1.71 bits per heavy atom. The molecule has 2 aromatic carbocycles. The van der Waals surface area contributed by atoms with Crippen LogP contribution in [0.3, 0.4) is 0 Å². The molecule has 0 radical (unpaired) electrons. The minimum Gasteiger partial charge on any atom is -0.481 e. The summed E-state index contributed by atoms with van der Waals surface area (Å²) in [5.41, 5.74) is 2.90. The Balaban J connectivity index is 1.84. The van der Waals surface area contributed by atoms with E-state index in [9.17, 15) is 24.3 Å². The average molecular weight is 423 g/mol. The predicted molar refractivity (Wildman–Crippen MR) is 113 cm³/mol. The van der Waals surface area contributed by atoms with E-state index >= 15 is 0 Å². The summed E-state index contributed by atoms with van der Waals surface area (Å²) in [5.74, 6) is -2.75. The third kappa shape index (κ3) is 4.98. The topological polar surface area (TPSA) is 134 Å². The highest BCUT2D eigenvalue weighted by Gasteiger charge is 2.21. The van der Waals surface area contributed by atoms with Gasteiger partial charge in [-0.3, -0.25) is 14.4 Å². The Kier molecular flexibility index (Phi) is 6.20. The van der Waals surface area contributed by atoms with Crippen molar-refractivity contribution < 1.29 is 29.0 Å². The molecule has 160 valence electrons. The first kappa shape index (κ1) is 21.8. The number of aliphatic carboxylic acids is 2. The van der Waals surface area contributed by atoms with Gasteiger partial charge in [0.15, 0.2) is 5.43 Å². The van der Waals surface area contributed by atoms with Crippen LogP contribution >= 0.6 is 0 Å². The van der Waals surface area contributed by atoms with Crippen molar-refractivity contribution in [1.29, 1.82) is 0 Å². The number of nitrogens with one attached hydrogen (secondary N) is 1. The van der Waals surface area contributed by atoms with E-state index in [-0.39, 0.29) is 23.8 Å². The fourth-order valence-corrected chi connectivity index (χ4v) is 3.30. The Hall–Kier alpha value is -3.94. The van der Waals surface area contributed by atoms with E-state index in [1.54, 1.807) is 18.2 Å². The third-order valence-corrected chi connectivity index (χ3v) is 4.84. The zero-order valence-corrected chi connectivity index (χ0v) is 17.0. The van der Waals surface area contributed by atoms with Crippen LogP contribution in [-0.4, -0.2) is 34.1 Å². The molecule has 1 heterocycles. The molecule has 0 aliphatic rings. The van der Waals surface area contributed by atoms with Gasteiger partial charge in [-0.2, -0.15) is 0 Å². The highest BCUT2D eigenvalue weighted by atomic mass is 16.4. The van der Waals surface area contributed by atoms with Crippen LogP contribution in [-0.2, 0) is 9.59 Å². The second-order valence-corrected chi connectivity index (χ2v) is 7.31.